The van der Waals surface area contributed by atoms with Crippen LogP contribution in [-0.4, -0.2) is 28.1 Å². The van der Waals surface area contributed by atoms with E-state index in [1.165, 1.54) is 18.2 Å². The molecule has 4 nitrogen and oxygen atoms in total. The van der Waals surface area contributed by atoms with Crippen molar-refractivity contribution < 1.29 is 12.8 Å². The zero-order chi connectivity index (χ0) is 12.3. The molecule has 1 aromatic rings. The van der Waals surface area contributed by atoms with Gasteiger partial charge in [-0.25, -0.2) is 17.5 Å². The van der Waals surface area contributed by atoms with Gasteiger partial charge in [0, 0.05) is 6.54 Å². The van der Waals surface area contributed by atoms with E-state index in [1.54, 1.807) is 0 Å². The van der Waals surface area contributed by atoms with E-state index in [2.05, 4.69) is 10.0 Å². The smallest absolute Gasteiger partial charge is 0.243 e. The van der Waals surface area contributed by atoms with Crippen LogP contribution in [0, 0.1) is 11.7 Å². The summed E-state index contributed by atoms with van der Waals surface area (Å²) < 4.78 is 39.5. The summed E-state index contributed by atoms with van der Waals surface area (Å²) in [6.45, 7) is 2.07. The molecule has 7 heteroatoms. The van der Waals surface area contributed by atoms with E-state index in [4.69, 9.17) is 0 Å². The van der Waals surface area contributed by atoms with Crippen LogP contribution in [-0.2, 0) is 10.0 Å². The van der Waals surface area contributed by atoms with Gasteiger partial charge < -0.3 is 5.32 Å². The van der Waals surface area contributed by atoms with E-state index >= 15 is 0 Å². The predicted molar refractivity (Wildman–Crippen MR) is 69.8 cm³/mol. The molecule has 1 unspecified atom stereocenters. The van der Waals surface area contributed by atoms with Gasteiger partial charge in [-0.05, 0) is 37.6 Å². The molecule has 0 saturated carbocycles. The van der Waals surface area contributed by atoms with Gasteiger partial charge >= 0.3 is 0 Å². The minimum absolute atomic E-state index is 0. The second-order valence-electron chi connectivity index (χ2n) is 4.14. The number of nitrogens with one attached hydrogen (secondary N) is 2. The molecule has 2 N–H and O–H groups in total. The Kier molecular flexibility index (Phi) is 5.52. The summed E-state index contributed by atoms with van der Waals surface area (Å²) in [5.74, 6) is -0.430. The molecule has 0 aliphatic carbocycles. The first-order valence-corrected chi connectivity index (χ1v) is 7.03. The Morgan fingerprint density at radius 3 is 2.72 bits per heavy atom. The van der Waals surface area contributed by atoms with Crippen molar-refractivity contribution in [2.24, 2.45) is 5.92 Å². The van der Waals surface area contributed by atoms with Gasteiger partial charge in [-0.2, -0.15) is 0 Å². The van der Waals surface area contributed by atoms with Gasteiger partial charge in [0.05, 0.1) is 0 Å². The molecule has 1 aromatic carbocycles. The van der Waals surface area contributed by atoms with Crippen molar-refractivity contribution in [3.8, 4) is 0 Å². The number of benzene rings is 1. The van der Waals surface area contributed by atoms with Crippen molar-refractivity contribution in [2.75, 3.05) is 19.6 Å². The SMILES string of the molecule is Cl.O=S(=O)(NCC1CCNC1)c1ccccc1F. The van der Waals surface area contributed by atoms with Crippen molar-refractivity contribution in [1.82, 2.24) is 10.0 Å². The molecule has 0 bridgehead atoms. The van der Waals surface area contributed by atoms with E-state index in [9.17, 15) is 12.8 Å². The van der Waals surface area contributed by atoms with E-state index in [0.717, 1.165) is 25.6 Å². The second kappa shape index (κ2) is 6.47. The molecule has 0 aromatic heterocycles. The summed E-state index contributed by atoms with van der Waals surface area (Å²) in [5.41, 5.74) is 0. The Bertz CT molecular complexity index is 490. The summed E-state index contributed by atoms with van der Waals surface area (Å²) in [6, 6.07) is 5.39. The quantitative estimate of drug-likeness (QED) is 0.875. The molecule has 0 radical (unpaired) electrons. The molecule has 18 heavy (non-hydrogen) atoms. The highest BCUT2D eigenvalue weighted by atomic mass is 35.5. The fourth-order valence-corrected chi connectivity index (χ4v) is 3.05. The van der Waals surface area contributed by atoms with Crippen LogP contribution in [0.15, 0.2) is 29.2 Å². The van der Waals surface area contributed by atoms with Crippen LogP contribution in [0.3, 0.4) is 0 Å². The highest BCUT2D eigenvalue weighted by Crippen LogP contribution is 2.14. The molecule has 1 fully saturated rings. The van der Waals surface area contributed by atoms with E-state index in [1.807, 2.05) is 0 Å². The first kappa shape index (κ1) is 15.4. The molecule has 0 amide bonds. The summed E-state index contributed by atoms with van der Waals surface area (Å²) >= 11 is 0. The van der Waals surface area contributed by atoms with Gasteiger partial charge in [-0.3, -0.25) is 0 Å². The lowest BCUT2D eigenvalue weighted by Crippen LogP contribution is -2.30. The Hall–Kier alpha value is -0.690. The van der Waals surface area contributed by atoms with Gasteiger partial charge in [-0.15, -0.1) is 12.4 Å². The predicted octanol–water partition coefficient (Wildman–Crippen LogP) is 1.14. The van der Waals surface area contributed by atoms with Crippen molar-refractivity contribution >= 4 is 22.4 Å². The van der Waals surface area contributed by atoms with Crippen molar-refractivity contribution in [2.45, 2.75) is 11.3 Å². The number of sulfonamides is 1. The summed E-state index contributed by atoms with van der Waals surface area (Å²) in [6.07, 6.45) is 0.944. The Morgan fingerprint density at radius 1 is 1.39 bits per heavy atom. The highest BCUT2D eigenvalue weighted by molar-refractivity contribution is 7.89. The number of hydrogen-bond donors (Lipinski definition) is 2. The van der Waals surface area contributed by atoms with Crippen LogP contribution in [0.2, 0.25) is 0 Å². The fraction of sp³-hybridized carbons (Fsp3) is 0.455. The third-order valence-electron chi connectivity index (χ3n) is 2.85. The molecule has 1 saturated heterocycles. The largest absolute Gasteiger partial charge is 0.316 e. The lowest BCUT2D eigenvalue weighted by Gasteiger charge is -2.11. The number of rotatable bonds is 4. The maximum absolute atomic E-state index is 13.4. The standard InChI is InChI=1S/C11H15FN2O2S.ClH/c12-10-3-1-2-4-11(10)17(15,16)14-8-9-5-6-13-7-9;/h1-4,9,13-14H,5-8H2;1H. The zero-order valence-electron chi connectivity index (χ0n) is 9.73. The van der Waals surface area contributed by atoms with Crippen LogP contribution in [0.5, 0.6) is 0 Å². The topological polar surface area (TPSA) is 58.2 Å². The molecule has 2 rings (SSSR count). The third kappa shape index (κ3) is 3.65. The molecule has 1 aliphatic heterocycles. The first-order valence-electron chi connectivity index (χ1n) is 5.54. The first-order chi connectivity index (χ1) is 8.09. The van der Waals surface area contributed by atoms with Crippen LogP contribution in [0.1, 0.15) is 6.42 Å². The van der Waals surface area contributed by atoms with Crippen molar-refractivity contribution in [3.63, 3.8) is 0 Å². The second-order valence-corrected chi connectivity index (χ2v) is 5.88. The van der Waals surface area contributed by atoms with E-state index < -0.39 is 15.8 Å². The van der Waals surface area contributed by atoms with Crippen molar-refractivity contribution in [1.29, 1.82) is 0 Å². The summed E-state index contributed by atoms with van der Waals surface area (Å²) in [5, 5.41) is 3.15. The minimum atomic E-state index is -3.73. The maximum Gasteiger partial charge on any atom is 0.243 e. The zero-order valence-corrected chi connectivity index (χ0v) is 11.4. The number of halogens is 2. The van der Waals surface area contributed by atoms with E-state index in [-0.39, 0.29) is 23.2 Å². The molecule has 1 aliphatic rings. The molecule has 1 atom stereocenters. The van der Waals surface area contributed by atoms with Gasteiger partial charge in [0.15, 0.2) is 0 Å². The normalized spacial score (nSPS) is 19.5. The Morgan fingerprint density at radius 2 is 2.11 bits per heavy atom. The van der Waals surface area contributed by atoms with Gasteiger partial charge in [0.25, 0.3) is 0 Å². The third-order valence-corrected chi connectivity index (χ3v) is 4.31. The molecule has 102 valence electrons. The monoisotopic (exact) mass is 294 g/mol. The average Bonchev–Trinajstić information content (AvgIpc) is 2.80. The van der Waals surface area contributed by atoms with Crippen LogP contribution < -0.4 is 10.0 Å². The van der Waals surface area contributed by atoms with Gasteiger partial charge in [-0.1, -0.05) is 12.1 Å². The van der Waals surface area contributed by atoms with Gasteiger partial charge in [0.1, 0.15) is 10.7 Å². The molecular formula is C11H16ClFN2O2S. The molecule has 1 heterocycles. The highest BCUT2D eigenvalue weighted by Gasteiger charge is 2.21. The van der Waals surface area contributed by atoms with Crippen molar-refractivity contribution in [3.05, 3.63) is 30.1 Å². The van der Waals surface area contributed by atoms with E-state index in [0.29, 0.717) is 6.54 Å². The average molecular weight is 295 g/mol. The van der Waals surface area contributed by atoms with Crippen LogP contribution in [0.25, 0.3) is 0 Å². The maximum atomic E-state index is 13.4. The minimum Gasteiger partial charge on any atom is -0.316 e. The Balaban J connectivity index is 0.00000162. The summed E-state index contributed by atoms with van der Waals surface area (Å²) in [7, 11) is -3.73. The molecular weight excluding hydrogens is 279 g/mol. The lowest BCUT2D eigenvalue weighted by atomic mass is 10.1. The van der Waals surface area contributed by atoms with Crippen LogP contribution in [0.4, 0.5) is 4.39 Å². The number of hydrogen-bond acceptors (Lipinski definition) is 3. The Labute approximate surface area is 112 Å². The molecule has 0 spiro atoms. The summed E-state index contributed by atoms with van der Waals surface area (Å²) in [4.78, 5) is -0.286. The van der Waals surface area contributed by atoms with Gasteiger partial charge in [0.2, 0.25) is 10.0 Å². The fourth-order valence-electron chi connectivity index (χ4n) is 1.86. The lowest BCUT2D eigenvalue weighted by molar-refractivity contribution is 0.529. The van der Waals surface area contributed by atoms with Crippen LogP contribution >= 0.6 is 12.4 Å².